The molecule has 2 aromatic carbocycles. The van der Waals surface area contributed by atoms with Gasteiger partial charge in [-0.15, -0.1) is 9.05 Å². The Hall–Kier alpha value is -1.24. The molecule has 0 aliphatic carbocycles. The number of hydrogen-bond acceptors (Lipinski definition) is 5. The summed E-state index contributed by atoms with van der Waals surface area (Å²) in [5.41, 5.74) is 1.83. The van der Waals surface area contributed by atoms with E-state index in [4.69, 9.17) is 9.05 Å². The van der Waals surface area contributed by atoms with E-state index in [-0.39, 0.29) is 11.9 Å². The minimum absolute atomic E-state index is 0.185. The summed E-state index contributed by atoms with van der Waals surface area (Å²) < 4.78 is 45.1. The van der Waals surface area contributed by atoms with Gasteiger partial charge in [-0.25, -0.2) is 0 Å². The Labute approximate surface area is 147 Å². The molecule has 8 heteroatoms. The van der Waals surface area contributed by atoms with Crippen molar-refractivity contribution < 1.29 is 22.0 Å². The van der Waals surface area contributed by atoms with Gasteiger partial charge in [0.1, 0.15) is 0 Å². The maximum Gasteiger partial charge on any atom is 0.699 e. The van der Waals surface area contributed by atoms with Crippen LogP contribution in [0.5, 0.6) is 0 Å². The first-order valence-electron chi connectivity index (χ1n) is 7.14. The van der Waals surface area contributed by atoms with Crippen molar-refractivity contribution in [3.8, 4) is 0 Å². The summed E-state index contributed by atoms with van der Waals surface area (Å²) in [6.45, 7) is 0. The highest BCUT2D eigenvalue weighted by Crippen LogP contribution is 2.24. The van der Waals surface area contributed by atoms with Gasteiger partial charge in [0.2, 0.25) is 0 Å². The van der Waals surface area contributed by atoms with Crippen LogP contribution < -0.4 is 0 Å². The van der Waals surface area contributed by atoms with Gasteiger partial charge in [0.15, 0.2) is 11.9 Å². The summed E-state index contributed by atoms with van der Waals surface area (Å²) >= 11 is 0. The molecule has 0 unspecified atom stereocenters. The minimum Gasteiger partial charge on any atom is -0.257 e. The van der Waals surface area contributed by atoms with Crippen LogP contribution in [0.4, 0.5) is 0 Å². The van der Waals surface area contributed by atoms with Gasteiger partial charge in [0, 0.05) is 4.57 Å². The highest BCUT2D eigenvalue weighted by Gasteiger charge is 2.23. The van der Waals surface area contributed by atoms with Crippen molar-refractivity contribution in [3.63, 3.8) is 0 Å². The molecule has 0 aromatic heterocycles. The molecule has 0 aliphatic heterocycles. The maximum absolute atomic E-state index is 11.8. The predicted molar refractivity (Wildman–Crippen MR) is 96.1 cm³/mol. The Morgan fingerprint density at radius 3 is 1.46 bits per heavy atom. The summed E-state index contributed by atoms with van der Waals surface area (Å²) in [5.74, 6) is 0.277. The van der Waals surface area contributed by atoms with Crippen LogP contribution in [-0.2, 0) is 46.7 Å². The SMILES string of the molecule is O=[P+](OC[S@@](=O)Cc1ccccc1)OC[S@@](=O)Cc1ccccc1. The summed E-state index contributed by atoms with van der Waals surface area (Å²) in [6.07, 6.45) is 0. The quantitative estimate of drug-likeness (QED) is 0.586. The Bertz CT molecular complexity index is 635. The molecule has 0 amide bonds. The van der Waals surface area contributed by atoms with Gasteiger partial charge in [-0.3, -0.25) is 8.42 Å². The highest BCUT2D eigenvalue weighted by atomic mass is 32.2. The van der Waals surface area contributed by atoms with Gasteiger partial charge in [0.25, 0.3) is 0 Å². The molecule has 2 atom stereocenters. The summed E-state index contributed by atoms with van der Waals surface area (Å²) in [6, 6.07) is 18.6. The van der Waals surface area contributed by atoms with Crippen molar-refractivity contribution in [1.82, 2.24) is 0 Å². The van der Waals surface area contributed by atoms with Crippen LogP contribution >= 0.6 is 8.25 Å². The van der Waals surface area contributed by atoms with Crippen LogP contribution in [-0.4, -0.2) is 20.3 Å². The van der Waals surface area contributed by atoms with Crippen molar-refractivity contribution >= 4 is 29.9 Å². The lowest BCUT2D eigenvalue weighted by atomic mass is 10.2. The first-order chi connectivity index (χ1) is 11.6. The summed E-state index contributed by atoms with van der Waals surface area (Å²) in [5, 5.41) is 0. The second kappa shape index (κ2) is 10.6. The molecule has 0 saturated heterocycles. The van der Waals surface area contributed by atoms with E-state index in [1.807, 2.05) is 60.7 Å². The fourth-order valence-electron chi connectivity index (χ4n) is 1.84. The molecular weight excluding hydrogens is 367 g/mol. The largest absolute Gasteiger partial charge is 0.699 e. The molecule has 2 aromatic rings. The topological polar surface area (TPSA) is 69.7 Å². The molecular formula is C16H18O5PS2+. The monoisotopic (exact) mass is 385 g/mol. The Morgan fingerprint density at radius 2 is 1.08 bits per heavy atom. The fraction of sp³-hybridized carbons (Fsp3) is 0.250. The van der Waals surface area contributed by atoms with E-state index in [1.54, 1.807) is 0 Å². The van der Waals surface area contributed by atoms with Gasteiger partial charge in [-0.1, -0.05) is 60.7 Å². The first-order valence-corrected chi connectivity index (χ1v) is 11.2. The smallest absolute Gasteiger partial charge is 0.257 e. The molecule has 24 heavy (non-hydrogen) atoms. The number of benzene rings is 2. The molecule has 0 bridgehead atoms. The molecule has 128 valence electrons. The second-order valence-corrected chi connectivity index (χ2v) is 8.63. The third-order valence-electron chi connectivity index (χ3n) is 2.92. The third-order valence-corrected chi connectivity index (χ3v) is 6.02. The van der Waals surface area contributed by atoms with Gasteiger partial charge in [0.05, 0.1) is 33.1 Å². The predicted octanol–water partition coefficient (Wildman–Crippen LogP) is 3.49. The zero-order valence-corrected chi connectivity index (χ0v) is 15.4. The van der Waals surface area contributed by atoms with Crippen LogP contribution in [0.2, 0.25) is 0 Å². The van der Waals surface area contributed by atoms with E-state index in [0.29, 0.717) is 11.5 Å². The molecule has 0 fully saturated rings. The standard InChI is InChI=1S/C16H18O5PS2/c17-22(20-13-23(18)11-15-7-3-1-4-8-15)21-14-24(19)12-16-9-5-2-6-10-16/h1-10H,11-14H2/q+1/t23-,24-/m0/s1. The number of rotatable bonds is 10. The first kappa shape index (κ1) is 19.1. The minimum atomic E-state index is -2.43. The normalized spacial score (nSPS) is 13.3. The van der Waals surface area contributed by atoms with Crippen molar-refractivity contribution in [2.75, 3.05) is 11.9 Å². The number of hydrogen-bond donors (Lipinski definition) is 0. The van der Waals surface area contributed by atoms with Crippen molar-refractivity contribution in [2.45, 2.75) is 11.5 Å². The fourth-order valence-corrected chi connectivity index (χ4v) is 4.84. The average molecular weight is 385 g/mol. The zero-order chi connectivity index (χ0) is 17.2. The maximum atomic E-state index is 11.8. The van der Waals surface area contributed by atoms with Crippen LogP contribution in [0.3, 0.4) is 0 Å². The lowest BCUT2D eigenvalue weighted by molar-refractivity contribution is 0.280. The zero-order valence-electron chi connectivity index (χ0n) is 12.9. The van der Waals surface area contributed by atoms with E-state index in [2.05, 4.69) is 0 Å². The van der Waals surface area contributed by atoms with E-state index in [1.165, 1.54) is 0 Å². The molecule has 0 saturated carbocycles. The van der Waals surface area contributed by atoms with Crippen LogP contribution in [0, 0.1) is 0 Å². The molecule has 5 nitrogen and oxygen atoms in total. The van der Waals surface area contributed by atoms with Crippen molar-refractivity contribution in [1.29, 1.82) is 0 Å². The van der Waals surface area contributed by atoms with E-state index in [0.717, 1.165) is 11.1 Å². The Morgan fingerprint density at radius 1 is 0.708 bits per heavy atom. The molecule has 2 rings (SSSR count). The van der Waals surface area contributed by atoms with Crippen molar-refractivity contribution in [3.05, 3.63) is 71.8 Å². The second-order valence-electron chi connectivity index (χ2n) is 4.86. The molecule has 0 heterocycles. The summed E-state index contributed by atoms with van der Waals surface area (Å²) in [4.78, 5) is 0. The highest BCUT2D eigenvalue weighted by molar-refractivity contribution is 7.84. The lowest BCUT2D eigenvalue weighted by Crippen LogP contribution is -2.04. The van der Waals surface area contributed by atoms with Crippen molar-refractivity contribution in [2.24, 2.45) is 0 Å². The van der Waals surface area contributed by atoms with Gasteiger partial charge in [-0.2, -0.15) is 0 Å². The lowest BCUT2D eigenvalue weighted by Gasteiger charge is -1.99. The van der Waals surface area contributed by atoms with Gasteiger partial charge >= 0.3 is 8.25 Å². The van der Waals surface area contributed by atoms with Gasteiger partial charge in [-0.05, 0) is 11.1 Å². The van der Waals surface area contributed by atoms with Crippen LogP contribution in [0.15, 0.2) is 60.7 Å². The Balaban J connectivity index is 1.64. The van der Waals surface area contributed by atoms with E-state index < -0.39 is 29.9 Å². The Kier molecular flexibility index (Phi) is 8.42. The third kappa shape index (κ3) is 7.55. The molecule has 0 spiro atoms. The molecule has 0 radical (unpaired) electrons. The van der Waals surface area contributed by atoms with E-state index >= 15 is 0 Å². The molecule has 0 aliphatic rings. The summed E-state index contributed by atoms with van der Waals surface area (Å²) in [7, 11) is -5.03. The van der Waals surface area contributed by atoms with Crippen LogP contribution in [0.25, 0.3) is 0 Å². The van der Waals surface area contributed by atoms with E-state index in [9.17, 15) is 13.0 Å². The van der Waals surface area contributed by atoms with Gasteiger partial charge < -0.3 is 0 Å². The van der Waals surface area contributed by atoms with Crippen LogP contribution in [0.1, 0.15) is 11.1 Å². The average Bonchev–Trinajstić information content (AvgIpc) is 2.60. The molecule has 0 N–H and O–H groups in total.